The van der Waals surface area contributed by atoms with Crippen molar-refractivity contribution in [2.24, 2.45) is 0 Å². The summed E-state index contributed by atoms with van der Waals surface area (Å²) in [7, 11) is 0. The molecule has 1 heterocycles. The molecule has 1 rings (SSSR count). The van der Waals surface area contributed by atoms with E-state index >= 15 is 0 Å². The smallest absolute Gasteiger partial charge is 0.141 e. The molecular weight excluding hydrogens is 227 g/mol. The molecule has 0 fully saturated rings. The van der Waals surface area contributed by atoms with E-state index in [-0.39, 0.29) is 12.4 Å². The lowest BCUT2D eigenvalue weighted by Crippen LogP contribution is -2.17. The molecule has 0 atom stereocenters. The van der Waals surface area contributed by atoms with Crippen LogP contribution in [-0.2, 0) is 6.54 Å². The third kappa shape index (κ3) is 6.05. The van der Waals surface area contributed by atoms with Crippen LogP contribution in [0.3, 0.4) is 0 Å². The van der Waals surface area contributed by atoms with Crippen LogP contribution in [0.25, 0.3) is 0 Å². The first-order valence-corrected chi connectivity index (χ1v) is 6.47. The third-order valence-corrected chi connectivity index (χ3v) is 3.03. The van der Waals surface area contributed by atoms with Crippen LogP contribution in [0, 0.1) is 5.82 Å². The van der Waals surface area contributed by atoms with E-state index in [1.807, 2.05) is 0 Å². The van der Waals surface area contributed by atoms with E-state index in [0.717, 1.165) is 30.0 Å². The Morgan fingerprint density at radius 1 is 1.38 bits per heavy atom. The van der Waals surface area contributed by atoms with Crippen LogP contribution in [0.1, 0.15) is 12.0 Å². The van der Waals surface area contributed by atoms with Gasteiger partial charge in [0.05, 0.1) is 6.20 Å². The molecule has 0 saturated heterocycles. The first-order chi connectivity index (χ1) is 7.83. The van der Waals surface area contributed by atoms with Crippen LogP contribution in [0.2, 0.25) is 0 Å². The Hall–Kier alpha value is -0.650. The van der Waals surface area contributed by atoms with Crippen molar-refractivity contribution >= 4 is 11.8 Å². The number of hydrogen-bond acceptors (Lipinski definition) is 4. The third-order valence-electron chi connectivity index (χ3n) is 1.96. The molecule has 0 saturated carbocycles. The van der Waals surface area contributed by atoms with Crippen LogP contribution in [-0.4, -0.2) is 34.7 Å². The summed E-state index contributed by atoms with van der Waals surface area (Å²) in [6, 6.07) is 1.49. The minimum Gasteiger partial charge on any atom is -0.396 e. The van der Waals surface area contributed by atoms with Crippen LogP contribution >= 0.6 is 11.8 Å². The molecule has 0 aliphatic rings. The summed E-state index contributed by atoms with van der Waals surface area (Å²) in [5.74, 6) is 1.69. The van der Waals surface area contributed by atoms with Gasteiger partial charge in [-0.3, -0.25) is 4.98 Å². The maximum atomic E-state index is 12.8. The largest absolute Gasteiger partial charge is 0.396 e. The number of rotatable bonds is 8. The number of aliphatic hydroxyl groups is 1. The van der Waals surface area contributed by atoms with E-state index < -0.39 is 0 Å². The topological polar surface area (TPSA) is 45.1 Å². The fourth-order valence-corrected chi connectivity index (χ4v) is 2.02. The molecule has 0 radical (unpaired) electrons. The van der Waals surface area contributed by atoms with E-state index in [1.165, 1.54) is 12.3 Å². The van der Waals surface area contributed by atoms with E-state index in [4.69, 9.17) is 5.11 Å². The Balaban J connectivity index is 2.03. The first kappa shape index (κ1) is 13.4. The summed E-state index contributed by atoms with van der Waals surface area (Å²) < 4.78 is 12.8. The Morgan fingerprint density at radius 2 is 2.25 bits per heavy atom. The van der Waals surface area contributed by atoms with Crippen molar-refractivity contribution in [3.8, 4) is 0 Å². The van der Waals surface area contributed by atoms with Crippen molar-refractivity contribution in [1.82, 2.24) is 10.3 Å². The van der Waals surface area contributed by atoms with Gasteiger partial charge in [-0.1, -0.05) is 0 Å². The van der Waals surface area contributed by atoms with Crippen LogP contribution < -0.4 is 5.32 Å². The van der Waals surface area contributed by atoms with Crippen LogP contribution in [0.4, 0.5) is 4.39 Å². The molecule has 0 unspecified atom stereocenters. The second-order valence-corrected chi connectivity index (χ2v) is 4.60. The zero-order valence-electron chi connectivity index (χ0n) is 9.16. The molecule has 0 aliphatic carbocycles. The van der Waals surface area contributed by atoms with E-state index in [2.05, 4.69) is 10.3 Å². The van der Waals surface area contributed by atoms with Gasteiger partial charge in [-0.15, -0.1) is 0 Å². The molecule has 0 aliphatic heterocycles. The lowest BCUT2D eigenvalue weighted by atomic mass is 10.3. The zero-order chi connectivity index (χ0) is 11.6. The van der Waals surface area contributed by atoms with Gasteiger partial charge in [0.15, 0.2) is 0 Å². The fraction of sp³-hybridized carbons (Fsp3) is 0.545. The van der Waals surface area contributed by atoms with Gasteiger partial charge in [0.25, 0.3) is 0 Å². The predicted molar refractivity (Wildman–Crippen MR) is 64.9 cm³/mol. The molecule has 1 aromatic rings. The summed E-state index contributed by atoms with van der Waals surface area (Å²) >= 11 is 1.80. The van der Waals surface area contributed by atoms with Gasteiger partial charge >= 0.3 is 0 Å². The van der Waals surface area contributed by atoms with Gasteiger partial charge in [0, 0.05) is 31.6 Å². The molecule has 5 heteroatoms. The number of halogens is 1. The highest BCUT2D eigenvalue weighted by Gasteiger charge is 1.95. The summed E-state index contributed by atoms with van der Waals surface area (Å²) in [6.45, 7) is 1.79. The average molecular weight is 244 g/mol. The minimum absolute atomic E-state index is 0.259. The normalized spacial score (nSPS) is 10.6. The van der Waals surface area contributed by atoms with Crippen molar-refractivity contribution < 1.29 is 9.50 Å². The van der Waals surface area contributed by atoms with E-state index in [0.29, 0.717) is 6.54 Å². The number of aromatic nitrogens is 1. The van der Waals surface area contributed by atoms with E-state index in [9.17, 15) is 4.39 Å². The van der Waals surface area contributed by atoms with Gasteiger partial charge < -0.3 is 10.4 Å². The number of aliphatic hydroxyl groups excluding tert-OH is 1. The van der Waals surface area contributed by atoms with Crippen molar-refractivity contribution in [3.63, 3.8) is 0 Å². The van der Waals surface area contributed by atoms with Crippen molar-refractivity contribution in [2.45, 2.75) is 13.0 Å². The molecule has 16 heavy (non-hydrogen) atoms. The highest BCUT2D eigenvalue weighted by atomic mass is 32.2. The standard InChI is InChI=1S/C11H17FN2OS/c12-11-6-10(8-14-9-11)7-13-2-5-16-4-1-3-15/h6,8-9,13,15H,1-5,7H2. The second-order valence-electron chi connectivity index (χ2n) is 3.38. The number of hydrogen-bond donors (Lipinski definition) is 2. The van der Waals surface area contributed by atoms with E-state index in [1.54, 1.807) is 18.0 Å². The van der Waals surface area contributed by atoms with Crippen molar-refractivity contribution in [1.29, 1.82) is 0 Å². The first-order valence-electron chi connectivity index (χ1n) is 5.31. The predicted octanol–water partition coefficient (Wildman–Crippen LogP) is 1.43. The minimum atomic E-state index is -0.295. The van der Waals surface area contributed by atoms with Gasteiger partial charge in [-0.2, -0.15) is 11.8 Å². The Kier molecular flexibility index (Phi) is 7.12. The van der Waals surface area contributed by atoms with Crippen LogP contribution in [0.15, 0.2) is 18.5 Å². The lowest BCUT2D eigenvalue weighted by Gasteiger charge is -2.04. The Morgan fingerprint density at radius 3 is 3.00 bits per heavy atom. The summed E-state index contributed by atoms with van der Waals surface area (Å²) in [4.78, 5) is 3.78. The van der Waals surface area contributed by atoms with Gasteiger partial charge in [0.1, 0.15) is 5.82 Å². The molecule has 0 aromatic carbocycles. The molecular formula is C11H17FN2OS. The summed E-state index contributed by atoms with van der Waals surface area (Å²) in [5, 5.41) is 11.8. The summed E-state index contributed by atoms with van der Waals surface area (Å²) in [5.41, 5.74) is 0.861. The number of thioether (sulfide) groups is 1. The molecule has 0 bridgehead atoms. The second kappa shape index (κ2) is 8.50. The number of nitrogens with zero attached hydrogens (tertiary/aromatic N) is 1. The Labute approximate surface area is 99.5 Å². The lowest BCUT2D eigenvalue weighted by molar-refractivity contribution is 0.296. The molecule has 2 N–H and O–H groups in total. The zero-order valence-corrected chi connectivity index (χ0v) is 9.97. The van der Waals surface area contributed by atoms with Crippen molar-refractivity contribution in [3.05, 3.63) is 29.8 Å². The molecule has 1 aromatic heterocycles. The van der Waals surface area contributed by atoms with Gasteiger partial charge in [-0.05, 0) is 23.8 Å². The molecule has 0 spiro atoms. The fourth-order valence-electron chi connectivity index (χ4n) is 1.20. The number of pyridine rings is 1. The number of nitrogens with one attached hydrogen (secondary N) is 1. The molecule has 0 amide bonds. The van der Waals surface area contributed by atoms with Crippen molar-refractivity contribution in [2.75, 3.05) is 24.7 Å². The SMILES string of the molecule is OCCCSCCNCc1cncc(F)c1. The molecule has 90 valence electrons. The maximum Gasteiger partial charge on any atom is 0.141 e. The van der Waals surface area contributed by atoms with Gasteiger partial charge in [-0.25, -0.2) is 4.39 Å². The molecule has 3 nitrogen and oxygen atoms in total. The monoisotopic (exact) mass is 244 g/mol. The maximum absolute atomic E-state index is 12.8. The average Bonchev–Trinajstić information content (AvgIpc) is 2.28. The van der Waals surface area contributed by atoms with Gasteiger partial charge in [0.2, 0.25) is 0 Å². The highest BCUT2D eigenvalue weighted by Crippen LogP contribution is 2.02. The quantitative estimate of drug-likeness (QED) is 0.679. The Bertz CT molecular complexity index is 299. The summed E-state index contributed by atoms with van der Waals surface area (Å²) in [6.07, 6.45) is 3.71. The highest BCUT2D eigenvalue weighted by molar-refractivity contribution is 7.99. The van der Waals surface area contributed by atoms with Crippen LogP contribution in [0.5, 0.6) is 0 Å².